The summed E-state index contributed by atoms with van der Waals surface area (Å²) in [5.74, 6) is -0.248. The zero-order valence-electron chi connectivity index (χ0n) is 16.2. The number of rotatable bonds is 4. The van der Waals surface area contributed by atoms with Crippen LogP contribution in [0, 0.1) is 11.3 Å². The van der Waals surface area contributed by atoms with Crippen LogP contribution in [0.3, 0.4) is 0 Å². The summed E-state index contributed by atoms with van der Waals surface area (Å²) >= 11 is 0. The number of para-hydroxylation sites is 1. The Morgan fingerprint density at radius 2 is 1.64 bits per heavy atom. The lowest BCUT2D eigenvalue weighted by Crippen LogP contribution is -2.19. The van der Waals surface area contributed by atoms with Crippen molar-refractivity contribution in [2.24, 2.45) is 0 Å². The van der Waals surface area contributed by atoms with Crippen LogP contribution in [-0.4, -0.2) is 10.9 Å². The third kappa shape index (κ3) is 4.54. The molecule has 0 spiro atoms. The molecule has 0 aliphatic rings. The molecule has 0 aliphatic carbocycles. The number of anilines is 3. The number of amides is 1. The molecular weight excluding hydrogens is 348 g/mol. The highest BCUT2D eigenvalue weighted by atomic mass is 16.1. The summed E-state index contributed by atoms with van der Waals surface area (Å²) in [6.07, 6.45) is 1.61. The number of carbonyl (C=O) groups is 1. The minimum atomic E-state index is -0.248. The van der Waals surface area contributed by atoms with Gasteiger partial charge in [0.25, 0.3) is 5.91 Å². The van der Waals surface area contributed by atoms with Gasteiger partial charge in [0.05, 0.1) is 23.5 Å². The molecule has 0 saturated heterocycles. The predicted octanol–water partition coefficient (Wildman–Crippen LogP) is 5.25. The minimum Gasteiger partial charge on any atom is -0.354 e. The van der Waals surface area contributed by atoms with Crippen molar-refractivity contribution in [2.45, 2.75) is 26.2 Å². The smallest absolute Gasteiger partial charge is 0.274 e. The number of aromatic nitrogens is 1. The second-order valence-electron chi connectivity index (χ2n) is 7.50. The van der Waals surface area contributed by atoms with Gasteiger partial charge < -0.3 is 10.6 Å². The Morgan fingerprint density at radius 3 is 2.25 bits per heavy atom. The van der Waals surface area contributed by atoms with Gasteiger partial charge in [0, 0.05) is 11.4 Å². The van der Waals surface area contributed by atoms with Crippen LogP contribution in [-0.2, 0) is 5.41 Å². The third-order valence-electron chi connectivity index (χ3n) is 4.28. The summed E-state index contributed by atoms with van der Waals surface area (Å²) in [7, 11) is 0. The lowest BCUT2D eigenvalue weighted by atomic mass is 9.86. The molecule has 3 rings (SSSR count). The van der Waals surface area contributed by atoms with Crippen LogP contribution in [0.1, 0.15) is 42.4 Å². The number of nitrogens with one attached hydrogen (secondary N) is 2. The first-order valence-corrected chi connectivity index (χ1v) is 9.01. The van der Waals surface area contributed by atoms with Gasteiger partial charge in [-0.1, -0.05) is 39.0 Å². The first kappa shape index (κ1) is 19.1. The molecule has 0 aliphatic heterocycles. The molecule has 1 amide bonds. The van der Waals surface area contributed by atoms with Crippen molar-refractivity contribution >= 4 is 23.0 Å². The lowest BCUT2D eigenvalue weighted by Gasteiger charge is -2.22. The molecule has 1 aromatic heterocycles. The van der Waals surface area contributed by atoms with E-state index in [0.29, 0.717) is 11.3 Å². The molecule has 2 N–H and O–H groups in total. The van der Waals surface area contributed by atoms with Crippen LogP contribution in [0.15, 0.2) is 66.9 Å². The van der Waals surface area contributed by atoms with Gasteiger partial charge in [-0.15, -0.1) is 0 Å². The van der Waals surface area contributed by atoms with Crippen LogP contribution in [0.2, 0.25) is 0 Å². The van der Waals surface area contributed by atoms with Crippen molar-refractivity contribution in [2.75, 3.05) is 10.6 Å². The number of nitrogens with zero attached hydrogens (tertiary/aromatic N) is 2. The number of pyridine rings is 1. The molecule has 0 atom stereocenters. The summed E-state index contributed by atoms with van der Waals surface area (Å²) < 4.78 is 0. The number of hydrogen-bond acceptors (Lipinski definition) is 4. The van der Waals surface area contributed by atoms with Crippen LogP contribution in [0.4, 0.5) is 17.1 Å². The Morgan fingerprint density at radius 1 is 0.964 bits per heavy atom. The summed E-state index contributed by atoms with van der Waals surface area (Å²) in [5, 5.41) is 15.0. The van der Waals surface area contributed by atoms with Gasteiger partial charge in [0.1, 0.15) is 5.69 Å². The van der Waals surface area contributed by atoms with Crippen LogP contribution in [0.25, 0.3) is 0 Å². The maximum absolute atomic E-state index is 12.6. The van der Waals surface area contributed by atoms with E-state index in [4.69, 9.17) is 5.26 Å². The van der Waals surface area contributed by atoms with E-state index in [1.165, 1.54) is 0 Å². The molecule has 2 aromatic carbocycles. The van der Waals surface area contributed by atoms with E-state index in [1.54, 1.807) is 30.5 Å². The van der Waals surface area contributed by atoms with Gasteiger partial charge in [-0.25, -0.2) is 4.98 Å². The molecule has 0 saturated carbocycles. The normalized spacial score (nSPS) is 10.8. The zero-order valence-corrected chi connectivity index (χ0v) is 16.2. The molecule has 0 bridgehead atoms. The Bertz CT molecular complexity index is 1010. The highest BCUT2D eigenvalue weighted by molar-refractivity contribution is 6.03. The molecule has 0 unspecified atom stereocenters. The van der Waals surface area contributed by atoms with Gasteiger partial charge in [-0.3, -0.25) is 4.79 Å². The molecule has 5 nitrogen and oxygen atoms in total. The van der Waals surface area contributed by atoms with Crippen molar-refractivity contribution in [3.05, 3.63) is 83.7 Å². The highest BCUT2D eigenvalue weighted by Crippen LogP contribution is 2.29. The summed E-state index contributed by atoms with van der Waals surface area (Å²) in [4.78, 5) is 16.9. The quantitative estimate of drug-likeness (QED) is 0.658. The van der Waals surface area contributed by atoms with Crippen molar-refractivity contribution in [3.8, 4) is 6.07 Å². The fraction of sp³-hybridized carbons (Fsp3) is 0.174. The third-order valence-corrected chi connectivity index (χ3v) is 4.28. The minimum absolute atomic E-state index is 0.0772. The fourth-order valence-corrected chi connectivity index (χ4v) is 2.83. The van der Waals surface area contributed by atoms with E-state index in [9.17, 15) is 4.79 Å². The molecular formula is C23H22N4O. The van der Waals surface area contributed by atoms with Gasteiger partial charge in [0.2, 0.25) is 0 Å². The second kappa shape index (κ2) is 7.93. The summed E-state index contributed by atoms with van der Waals surface area (Å²) in [6, 6.07) is 20.5. The first-order chi connectivity index (χ1) is 13.4. The number of benzene rings is 2. The molecule has 5 heteroatoms. The summed E-state index contributed by atoms with van der Waals surface area (Å²) in [6.45, 7) is 6.33. The van der Waals surface area contributed by atoms with Crippen LogP contribution >= 0.6 is 0 Å². The van der Waals surface area contributed by atoms with Gasteiger partial charge in [-0.05, 0) is 53.4 Å². The van der Waals surface area contributed by atoms with Gasteiger partial charge in [0.15, 0.2) is 0 Å². The van der Waals surface area contributed by atoms with Crippen molar-refractivity contribution in [3.63, 3.8) is 0 Å². The van der Waals surface area contributed by atoms with E-state index in [2.05, 4.69) is 42.5 Å². The van der Waals surface area contributed by atoms with Gasteiger partial charge >= 0.3 is 0 Å². The van der Waals surface area contributed by atoms with Crippen molar-refractivity contribution in [1.29, 1.82) is 5.26 Å². The van der Waals surface area contributed by atoms with E-state index in [-0.39, 0.29) is 11.3 Å². The Hall–Kier alpha value is -3.65. The second-order valence-corrected chi connectivity index (χ2v) is 7.50. The van der Waals surface area contributed by atoms with E-state index in [1.807, 2.05) is 36.4 Å². The maximum atomic E-state index is 12.6. The average Bonchev–Trinajstić information content (AvgIpc) is 2.69. The Labute approximate surface area is 165 Å². The molecule has 1 heterocycles. The molecule has 28 heavy (non-hydrogen) atoms. The van der Waals surface area contributed by atoms with Crippen LogP contribution < -0.4 is 10.6 Å². The number of carbonyl (C=O) groups excluding carboxylic acids is 1. The molecule has 140 valence electrons. The molecule has 3 aromatic rings. The zero-order chi connectivity index (χ0) is 20.1. The molecule has 0 fully saturated rings. The van der Waals surface area contributed by atoms with Crippen molar-refractivity contribution < 1.29 is 4.79 Å². The van der Waals surface area contributed by atoms with E-state index < -0.39 is 0 Å². The number of hydrogen-bond donors (Lipinski definition) is 2. The topological polar surface area (TPSA) is 77.8 Å². The molecule has 0 radical (unpaired) electrons. The summed E-state index contributed by atoms with van der Waals surface area (Å²) in [5.41, 5.74) is 4.34. The van der Waals surface area contributed by atoms with Crippen molar-refractivity contribution in [1.82, 2.24) is 4.98 Å². The van der Waals surface area contributed by atoms with Crippen LogP contribution in [0.5, 0.6) is 0 Å². The number of nitriles is 1. The average molecular weight is 370 g/mol. The highest BCUT2D eigenvalue weighted by Gasteiger charge is 2.19. The van der Waals surface area contributed by atoms with E-state index >= 15 is 0 Å². The lowest BCUT2D eigenvalue weighted by molar-refractivity contribution is 0.102. The van der Waals surface area contributed by atoms with Gasteiger partial charge in [-0.2, -0.15) is 5.26 Å². The monoisotopic (exact) mass is 370 g/mol. The van der Waals surface area contributed by atoms with E-state index in [0.717, 1.165) is 22.6 Å². The standard InChI is InChI=1S/C23H22N4O/c1-23(2,3)19-6-4-5-7-20(19)27-22(28)21-13-12-18(15-25-21)26-17-10-8-16(14-24)9-11-17/h4-13,15,26H,1-3H3,(H,27,28). The Kier molecular flexibility index (Phi) is 5.42. The largest absolute Gasteiger partial charge is 0.354 e. The fourth-order valence-electron chi connectivity index (χ4n) is 2.83. The first-order valence-electron chi connectivity index (χ1n) is 9.01. The Balaban J connectivity index is 1.71. The predicted molar refractivity (Wildman–Crippen MR) is 112 cm³/mol. The maximum Gasteiger partial charge on any atom is 0.274 e. The SMILES string of the molecule is CC(C)(C)c1ccccc1NC(=O)c1ccc(Nc2ccc(C#N)cc2)cn1.